The lowest BCUT2D eigenvalue weighted by atomic mass is 10.1. The van der Waals surface area contributed by atoms with Gasteiger partial charge in [-0.2, -0.15) is 23.1 Å². The number of thiophene rings is 1. The van der Waals surface area contributed by atoms with Crippen LogP contribution < -0.4 is 5.32 Å². The molecule has 1 saturated heterocycles. The minimum absolute atomic E-state index is 0.898. The molecular formula is C9H13NS2. The fraction of sp³-hybridized carbons (Fsp3) is 0.556. The highest BCUT2D eigenvalue weighted by Crippen LogP contribution is 2.24. The van der Waals surface area contributed by atoms with Crippen LogP contribution in [0.1, 0.15) is 6.42 Å². The Morgan fingerprint density at radius 2 is 2.58 bits per heavy atom. The number of thioether (sulfide) groups is 1. The maximum atomic E-state index is 3.46. The van der Waals surface area contributed by atoms with Crippen molar-refractivity contribution in [3.05, 3.63) is 16.8 Å². The lowest BCUT2D eigenvalue weighted by Gasteiger charge is -2.08. The zero-order valence-corrected chi connectivity index (χ0v) is 8.59. The lowest BCUT2D eigenvalue weighted by Crippen LogP contribution is -2.12. The van der Waals surface area contributed by atoms with E-state index < -0.39 is 0 Å². The van der Waals surface area contributed by atoms with Crippen molar-refractivity contribution >= 4 is 28.8 Å². The largest absolute Gasteiger partial charge is 0.384 e. The number of anilines is 1. The molecule has 1 N–H and O–H groups in total. The molecule has 0 aromatic carbocycles. The number of rotatable bonds is 3. The molecule has 66 valence electrons. The first-order chi connectivity index (χ1) is 5.95. The molecule has 0 saturated carbocycles. The van der Waals surface area contributed by atoms with Gasteiger partial charge < -0.3 is 5.32 Å². The van der Waals surface area contributed by atoms with Gasteiger partial charge >= 0.3 is 0 Å². The average Bonchev–Trinajstić information content (AvgIpc) is 2.74. The van der Waals surface area contributed by atoms with Crippen LogP contribution >= 0.6 is 23.1 Å². The summed E-state index contributed by atoms with van der Waals surface area (Å²) < 4.78 is 0. The first-order valence-corrected chi connectivity index (χ1v) is 6.39. The zero-order valence-electron chi connectivity index (χ0n) is 6.95. The third-order valence-electron chi connectivity index (χ3n) is 2.14. The monoisotopic (exact) mass is 199 g/mol. The van der Waals surface area contributed by atoms with E-state index in [-0.39, 0.29) is 0 Å². The van der Waals surface area contributed by atoms with Crippen molar-refractivity contribution in [2.75, 3.05) is 23.4 Å². The maximum absolute atomic E-state index is 3.46. The lowest BCUT2D eigenvalue weighted by molar-refractivity contribution is 0.632. The second-order valence-electron chi connectivity index (χ2n) is 3.12. The van der Waals surface area contributed by atoms with Gasteiger partial charge in [0.15, 0.2) is 0 Å². The van der Waals surface area contributed by atoms with E-state index in [1.807, 2.05) is 0 Å². The molecule has 1 unspecified atom stereocenters. The molecule has 0 aliphatic carbocycles. The van der Waals surface area contributed by atoms with E-state index in [0.717, 1.165) is 12.5 Å². The molecule has 1 aromatic heterocycles. The molecule has 0 radical (unpaired) electrons. The molecule has 1 aliphatic heterocycles. The Balaban J connectivity index is 1.74. The van der Waals surface area contributed by atoms with Crippen LogP contribution in [-0.4, -0.2) is 18.1 Å². The van der Waals surface area contributed by atoms with Crippen molar-refractivity contribution in [2.45, 2.75) is 6.42 Å². The van der Waals surface area contributed by atoms with Crippen molar-refractivity contribution in [1.29, 1.82) is 0 Å². The van der Waals surface area contributed by atoms with Gasteiger partial charge in [0.1, 0.15) is 0 Å². The molecule has 1 aliphatic rings. The highest BCUT2D eigenvalue weighted by atomic mass is 32.2. The minimum Gasteiger partial charge on any atom is -0.384 e. The molecule has 1 aromatic rings. The van der Waals surface area contributed by atoms with E-state index in [9.17, 15) is 0 Å². The quantitative estimate of drug-likeness (QED) is 0.803. The molecule has 12 heavy (non-hydrogen) atoms. The van der Waals surface area contributed by atoms with Gasteiger partial charge in [-0.3, -0.25) is 0 Å². The van der Waals surface area contributed by atoms with Gasteiger partial charge in [0.25, 0.3) is 0 Å². The average molecular weight is 199 g/mol. The Bertz CT molecular complexity index is 214. The second-order valence-corrected chi connectivity index (χ2v) is 5.05. The van der Waals surface area contributed by atoms with Crippen molar-refractivity contribution < 1.29 is 0 Å². The number of hydrogen-bond donors (Lipinski definition) is 1. The summed E-state index contributed by atoms with van der Waals surface area (Å²) in [6, 6.07) is 2.15. The van der Waals surface area contributed by atoms with Gasteiger partial charge in [-0.05, 0) is 35.3 Å². The van der Waals surface area contributed by atoms with Crippen molar-refractivity contribution in [1.82, 2.24) is 0 Å². The van der Waals surface area contributed by atoms with Gasteiger partial charge in [0.2, 0.25) is 0 Å². The van der Waals surface area contributed by atoms with Gasteiger partial charge in [-0.25, -0.2) is 0 Å². The van der Waals surface area contributed by atoms with Crippen LogP contribution in [0.15, 0.2) is 16.8 Å². The van der Waals surface area contributed by atoms with E-state index >= 15 is 0 Å². The van der Waals surface area contributed by atoms with E-state index in [2.05, 4.69) is 33.9 Å². The van der Waals surface area contributed by atoms with Gasteiger partial charge in [-0.1, -0.05) is 0 Å². The van der Waals surface area contributed by atoms with E-state index in [0.29, 0.717) is 0 Å². The molecule has 2 rings (SSSR count). The normalized spacial score (nSPS) is 22.8. The summed E-state index contributed by atoms with van der Waals surface area (Å²) in [4.78, 5) is 0. The third-order valence-corrected chi connectivity index (χ3v) is 4.05. The molecule has 1 fully saturated rings. The molecule has 0 bridgehead atoms. The maximum Gasteiger partial charge on any atom is 0.0448 e. The third kappa shape index (κ3) is 2.17. The topological polar surface area (TPSA) is 12.0 Å². The highest BCUT2D eigenvalue weighted by Gasteiger charge is 2.14. The van der Waals surface area contributed by atoms with E-state index in [4.69, 9.17) is 0 Å². The molecule has 3 heteroatoms. The molecule has 1 atom stereocenters. The summed E-state index contributed by atoms with van der Waals surface area (Å²) >= 11 is 3.84. The fourth-order valence-corrected chi connectivity index (χ4v) is 3.27. The Labute approximate surface area is 81.6 Å². The second kappa shape index (κ2) is 4.19. The summed E-state index contributed by atoms with van der Waals surface area (Å²) in [5.74, 6) is 3.60. The van der Waals surface area contributed by atoms with E-state index in [1.54, 1.807) is 11.3 Å². The van der Waals surface area contributed by atoms with Gasteiger partial charge in [-0.15, -0.1) is 0 Å². The molecule has 0 amide bonds. The van der Waals surface area contributed by atoms with Crippen LogP contribution in [0.5, 0.6) is 0 Å². The summed E-state index contributed by atoms with van der Waals surface area (Å²) in [5.41, 5.74) is 1.29. The van der Waals surface area contributed by atoms with Crippen LogP contribution in [0.25, 0.3) is 0 Å². The van der Waals surface area contributed by atoms with Crippen molar-refractivity contribution in [2.24, 2.45) is 5.92 Å². The summed E-state index contributed by atoms with van der Waals surface area (Å²) in [6.07, 6.45) is 1.39. The Morgan fingerprint density at radius 1 is 1.58 bits per heavy atom. The summed E-state index contributed by atoms with van der Waals surface area (Å²) in [5, 5.41) is 7.75. The first-order valence-electron chi connectivity index (χ1n) is 4.29. The molecule has 2 heterocycles. The smallest absolute Gasteiger partial charge is 0.0448 e. The van der Waals surface area contributed by atoms with Crippen LogP contribution in [0.3, 0.4) is 0 Å². The molecular weight excluding hydrogens is 186 g/mol. The predicted octanol–water partition coefficient (Wildman–Crippen LogP) is 2.91. The van der Waals surface area contributed by atoms with Gasteiger partial charge in [0, 0.05) is 17.6 Å². The van der Waals surface area contributed by atoms with Crippen molar-refractivity contribution in [3.8, 4) is 0 Å². The first kappa shape index (κ1) is 8.45. The predicted molar refractivity (Wildman–Crippen MR) is 58.2 cm³/mol. The molecule has 1 nitrogen and oxygen atoms in total. The van der Waals surface area contributed by atoms with Crippen LogP contribution in [0.2, 0.25) is 0 Å². The van der Waals surface area contributed by atoms with Crippen molar-refractivity contribution in [3.63, 3.8) is 0 Å². The van der Waals surface area contributed by atoms with Gasteiger partial charge in [0.05, 0.1) is 0 Å². The molecule has 0 spiro atoms. The fourth-order valence-electron chi connectivity index (χ4n) is 1.37. The van der Waals surface area contributed by atoms with Crippen LogP contribution in [-0.2, 0) is 0 Å². The van der Waals surface area contributed by atoms with Crippen LogP contribution in [0, 0.1) is 5.92 Å². The number of nitrogens with one attached hydrogen (secondary N) is 1. The van der Waals surface area contributed by atoms with Crippen LogP contribution in [0.4, 0.5) is 5.69 Å². The minimum atomic E-state index is 0.898. The zero-order chi connectivity index (χ0) is 8.23. The number of hydrogen-bond acceptors (Lipinski definition) is 3. The SMILES string of the molecule is c1cc(NCC2CCSC2)cs1. The highest BCUT2D eigenvalue weighted by molar-refractivity contribution is 7.99. The standard InChI is InChI=1S/C9H13NS2/c1-3-11-6-8(1)5-10-9-2-4-12-7-9/h2,4,7-8,10H,1,3,5-6H2. The van der Waals surface area contributed by atoms with E-state index in [1.165, 1.54) is 23.6 Å². The Morgan fingerprint density at radius 3 is 3.25 bits per heavy atom. The Kier molecular flexibility index (Phi) is 2.95. The summed E-state index contributed by atoms with van der Waals surface area (Å²) in [6.45, 7) is 1.16. The summed E-state index contributed by atoms with van der Waals surface area (Å²) in [7, 11) is 0. The Hall–Kier alpha value is -0.150.